The Morgan fingerprint density at radius 2 is 1.89 bits per heavy atom. The van der Waals surface area contributed by atoms with Crippen molar-refractivity contribution in [3.63, 3.8) is 0 Å². The van der Waals surface area contributed by atoms with E-state index < -0.39 is 0 Å². The van der Waals surface area contributed by atoms with E-state index in [1.165, 1.54) is 17.2 Å². The smallest absolute Gasteiger partial charge is 0.123 e. The molecule has 0 aliphatic heterocycles. The second-order valence-electron chi connectivity index (χ2n) is 4.98. The van der Waals surface area contributed by atoms with E-state index in [1.54, 1.807) is 12.1 Å². The molecule has 0 aliphatic carbocycles. The summed E-state index contributed by atoms with van der Waals surface area (Å²) in [5.74, 6) is -0.182. The Labute approximate surface area is 114 Å². The lowest BCUT2D eigenvalue weighted by Gasteiger charge is -2.20. The maximum Gasteiger partial charge on any atom is 0.123 e. The Kier molecular flexibility index (Phi) is 4.20. The summed E-state index contributed by atoms with van der Waals surface area (Å²) in [6.45, 7) is 6.27. The third-order valence-corrected chi connectivity index (χ3v) is 3.38. The molecule has 2 rings (SSSR count). The van der Waals surface area contributed by atoms with Crippen LogP contribution in [-0.4, -0.2) is 0 Å². The van der Waals surface area contributed by atoms with Gasteiger partial charge >= 0.3 is 0 Å². The number of anilines is 1. The topological polar surface area (TPSA) is 12.0 Å². The Morgan fingerprint density at radius 3 is 2.58 bits per heavy atom. The van der Waals surface area contributed by atoms with Crippen LogP contribution in [0.1, 0.15) is 36.1 Å². The predicted molar refractivity (Wildman–Crippen MR) is 79.0 cm³/mol. The zero-order valence-corrected chi connectivity index (χ0v) is 11.7. The van der Waals surface area contributed by atoms with Crippen molar-refractivity contribution in [2.45, 2.75) is 33.2 Å². The summed E-state index contributed by atoms with van der Waals surface area (Å²) < 4.78 is 13.3. The van der Waals surface area contributed by atoms with Crippen LogP contribution in [0.4, 0.5) is 10.1 Å². The monoisotopic (exact) mass is 257 g/mol. The number of halogens is 1. The molecule has 0 heterocycles. The molecule has 0 spiro atoms. The molecule has 0 aromatic heterocycles. The molecule has 0 aliphatic rings. The molecule has 1 atom stereocenters. The van der Waals surface area contributed by atoms with Crippen molar-refractivity contribution in [3.8, 4) is 0 Å². The second-order valence-corrected chi connectivity index (χ2v) is 4.98. The van der Waals surface area contributed by atoms with E-state index >= 15 is 0 Å². The van der Waals surface area contributed by atoms with Gasteiger partial charge in [0, 0.05) is 5.69 Å². The van der Waals surface area contributed by atoms with E-state index in [-0.39, 0.29) is 11.9 Å². The summed E-state index contributed by atoms with van der Waals surface area (Å²) in [6.07, 6.45) is 0.914. The summed E-state index contributed by atoms with van der Waals surface area (Å²) in [7, 11) is 0. The maximum absolute atomic E-state index is 13.3. The summed E-state index contributed by atoms with van der Waals surface area (Å²) in [6, 6.07) is 13.3. The molecule has 19 heavy (non-hydrogen) atoms. The largest absolute Gasteiger partial charge is 0.378 e. The molecule has 2 aromatic rings. The number of rotatable bonds is 4. The van der Waals surface area contributed by atoms with Crippen molar-refractivity contribution in [2.75, 3.05) is 5.32 Å². The van der Waals surface area contributed by atoms with Crippen LogP contribution in [0.2, 0.25) is 0 Å². The Bertz CT molecular complexity index is 563. The molecule has 1 unspecified atom stereocenters. The first-order valence-corrected chi connectivity index (χ1v) is 6.69. The highest BCUT2D eigenvalue weighted by Gasteiger charge is 2.11. The fraction of sp³-hybridized carbons (Fsp3) is 0.294. The van der Waals surface area contributed by atoms with Gasteiger partial charge in [0.15, 0.2) is 0 Å². The van der Waals surface area contributed by atoms with Crippen molar-refractivity contribution in [1.82, 2.24) is 0 Å². The van der Waals surface area contributed by atoms with Gasteiger partial charge in [-0.2, -0.15) is 0 Å². The molecule has 0 saturated carbocycles. The molecular formula is C17H20FN. The van der Waals surface area contributed by atoms with Gasteiger partial charge in [-0.1, -0.05) is 31.2 Å². The number of benzene rings is 2. The molecule has 0 saturated heterocycles. The summed E-state index contributed by atoms with van der Waals surface area (Å²) >= 11 is 0. The van der Waals surface area contributed by atoms with E-state index in [9.17, 15) is 4.39 Å². The van der Waals surface area contributed by atoms with Gasteiger partial charge in [0.2, 0.25) is 0 Å². The molecule has 0 fully saturated rings. The van der Waals surface area contributed by atoms with Gasteiger partial charge in [-0.25, -0.2) is 4.39 Å². The van der Waals surface area contributed by atoms with Crippen molar-refractivity contribution in [1.29, 1.82) is 0 Å². The van der Waals surface area contributed by atoms with Crippen molar-refractivity contribution in [3.05, 3.63) is 65.0 Å². The fourth-order valence-electron chi connectivity index (χ4n) is 2.22. The first kappa shape index (κ1) is 13.6. The lowest BCUT2D eigenvalue weighted by Crippen LogP contribution is -2.11. The van der Waals surface area contributed by atoms with Crippen LogP contribution in [0.3, 0.4) is 0 Å². The van der Waals surface area contributed by atoms with Gasteiger partial charge in [0.05, 0.1) is 6.04 Å². The van der Waals surface area contributed by atoms with Crippen molar-refractivity contribution >= 4 is 5.69 Å². The van der Waals surface area contributed by atoms with E-state index in [4.69, 9.17) is 0 Å². The van der Waals surface area contributed by atoms with Gasteiger partial charge < -0.3 is 5.32 Å². The van der Waals surface area contributed by atoms with Crippen LogP contribution >= 0.6 is 0 Å². The number of nitrogens with one attached hydrogen (secondary N) is 1. The van der Waals surface area contributed by atoms with Crippen LogP contribution in [0.5, 0.6) is 0 Å². The number of hydrogen-bond donors (Lipinski definition) is 1. The first-order chi connectivity index (χ1) is 9.10. The van der Waals surface area contributed by atoms with E-state index in [0.29, 0.717) is 0 Å². The standard InChI is InChI=1S/C17H20FN/c1-4-16(14-6-5-7-15(18)11-14)19-17-10-12(2)8-9-13(17)3/h5-11,16,19H,4H2,1-3H3. The van der Waals surface area contributed by atoms with Gasteiger partial charge in [0.25, 0.3) is 0 Å². The zero-order valence-electron chi connectivity index (χ0n) is 11.7. The predicted octanol–water partition coefficient (Wildman–Crippen LogP) is 5.01. The second kappa shape index (κ2) is 5.87. The summed E-state index contributed by atoms with van der Waals surface area (Å²) in [5, 5.41) is 3.51. The third kappa shape index (κ3) is 3.34. The minimum absolute atomic E-state index is 0.135. The maximum atomic E-state index is 13.3. The Balaban J connectivity index is 2.26. The van der Waals surface area contributed by atoms with Gasteiger partial charge in [-0.3, -0.25) is 0 Å². The fourth-order valence-corrected chi connectivity index (χ4v) is 2.22. The number of hydrogen-bond acceptors (Lipinski definition) is 1. The van der Waals surface area contributed by atoms with E-state index in [0.717, 1.165) is 17.7 Å². The Hall–Kier alpha value is -1.83. The Morgan fingerprint density at radius 1 is 1.11 bits per heavy atom. The molecule has 100 valence electrons. The van der Waals surface area contributed by atoms with Gasteiger partial charge in [-0.05, 0) is 55.2 Å². The zero-order chi connectivity index (χ0) is 13.8. The molecule has 1 nitrogen and oxygen atoms in total. The minimum atomic E-state index is -0.182. The van der Waals surface area contributed by atoms with Crippen molar-refractivity contribution in [2.24, 2.45) is 0 Å². The normalized spacial score (nSPS) is 12.2. The average molecular weight is 257 g/mol. The average Bonchev–Trinajstić information content (AvgIpc) is 2.39. The third-order valence-electron chi connectivity index (χ3n) is 3.38. The van der Waals surface area contributed by atoms with E-state index in [2.05, 4.69) is 44.3 Å². The molecular weight excluding hydrogens is 237 g/mol. The van der Waals surface area contributed by atoms with Crippen molar-refractivity contribution < 1.29 is 4.39 Å². The summed E-state index contributed by atoms with van der Waals surface area (Å²) in [4.78, 5) is 0. The van der Waals surface area contributed by atoms with Crippen LogP contribution < -0.4 is 5.32 Å². The quantitative estimate of drug-likeness (QED) is 0.812. The highest BCUT2D eigenvalue weighted by atomic mass is 19.1. The molecule has 0 radical (unpaired) electrons. The van der Waals surface area contributed by atoms with Crippen LogP contribution in [0.15, 0.2) is 42.5 Å². The number of aryl methyl sites for hydroxylation is 2. The SMILES string of the molecule is CCC(Nc1cc(C)ccc1C)c1cccc(F)c1. The highest BCUT2D eigenvalue weighted by Crippen LogP contribution is 2.25. The molecule has 1 N–H and O–H groups in total. The first-order valence-electron chi connectivity index (χ1n) is 6.69. The van der Waals surface area contributed by atoms with Gasteiger partial charge in [0.1, 0.15) is 5.82 Å². The highest BCUT2D eigenvalue weighted by molar-refractivity contribution is 5.54. The molecule has 2 aromatic carbocycles. The van der Waals surface area contributed by atoms with Gasteiger partial charge in [-0.15, -0.1) is 0 Å². The summed E-state index contributed by atoms with van der Waals surface area (Å²) in [5.41, 5.74) is 4.54. The lowest BCUT2D eigenvalue weighted by atomic mass is 10.0. The molecule has 0 amide bonds. The van der Waals surface area contributed by atoms with Crippen LogP contribution in [0, 0.1) is 19.7 Å². The minimum Gasteiger partial charge on any atom is -0.378 e. The van der Waals surface area contributed by atoms with E-state index in [1.807, 2.05) is 6.07 Å². The van der Waals surface area contributed by atoms with Crippen LogP contribution in [-0.2, 0) is 0 Å². The van der Waals surface area contributed by atoms with Crippen LogP contribution in [0.25, 0.3) is 0 Å². The lowest BCUT2D eigenvalue weighted by molar-refractivity contribution is 0.620. The molecule has 0 bridgehead atoms. The molecule has 2 heteroatoms.